The van der Waals surface area contributed by atoms with Crippen molar-refractivity contribution in [3.05, 3.63) is 0 Å². The number of ether oxygens (including phenoxy) is 1. The Bertz CT molecular complexity index is 274. The van der Waals surface area contributed by atoms with Gasteiger partial charge in [-0.2, -0.15) is 0 Å². The summed E-state index contributed by atoms with van der Waals surface area (Å²) in [6.45, 7) is 7.14. The number of carbonyl (C=O) groups is 1. The molecule has 0 aromatic carbocycles. The van der Waals surface area contributed by atoms with E-state index >= 15 is 0 Å². The second-order valence-corrected chi connectivity index (χ2v) is 5.56. The number of nitrogens with one attached hydrogen (secondary N) is 2. The van der Waals surface area contributed by atoms with Crippen molar-refractivity contribution >= 4 is 5.91 Å². The molecule has 2 heterocycles. The molecule has 2 rings (SSSR count). The predicted molar refractivity (Wildman–Crippen MR) is 75.1 cm³/mol. The molecule has 5 heteroatoms. The Morgan fingerprint density at radius 3 is 2.95 bits per heavy atom. The molecule has 0 aliphatic carbocycles. The summed E-state index contributed by atoms with van der Waals surface area (Å²) in [7, 11) is 0. The lowest BCUT2D eigenvalue weighted by Gasteiger charge is -2.23. The summed E-state index contributed by atoms with van der Waals surface area (Å²) >= 11 is 0. The highest BCUT2D eigenvalue weighted by molar-refractivity contribution is 5.78. The van der Waals surface area contributed by atoms with E-state index in [9.17, 15) is 4.79 Å². The lowest BCUT2D eigenvalue weighted by Crippen LogP contribution is -2.44. The molecule has 110 valence electrons. The standard InChI is InChI=1S/C14H27N3O2/c1-2-17(10-12-5-3-7-15-12)11-14(18)16-9-13-6-4-8-19-13/h12-13,15H,2-11H2,1H3,(H,16,18). The van der Waals surface area contributed by atoms with E-state index in [0.29, 0.717) is 19.1 Å². The number of carbonyl (C=O) groups excluding carboxylic acids is 1. The van der Waals surface area contributed by atoms with Crippen molar-refractivity contribution in [1.29, 1.82) is 0 Å². The van der Waals surface area contributed by atoms with E-state index in [-0.39, 0.29) is 12.0 Å². The van der Waals surface area contributed by atoms with Crippen LogP contribution in [0.5, 0.6) is 0 Å². The molecule has 2 unspecified atom stereocenters. The summed E-state index contributed by atoms with van der Waals surface area (Å²) in [5.74, 6) is 0.121. The van der Waals surface area contributed by atoms with E-state index in [1.54, 1.807) is 0 Å². The Morgan fingerprint density at radius 1 is 1.42 bits per heavy atom. The molecule has 19 heavy (non-hydrogen) atoms. The SMILES string of the molecule is CCN(CC(=O)NCC1CCCO1)CC1CCCN1. The molecule has 0 spiro atoms. The summed E-state index contributed by atoms with van der Waals surface area (Å²) in [6.07, 6.45) is 4.91. The molecule has 0 radical (unpaired) electrons. The first-order chi connectivity index (χ1) is 9.28. The molecular formula is C14H27N3O2. The summed E-state index contributed by atoms with van der Waals surface area (Å²) in [5.41, 5.74) is 0. The van der Waals surface area contributed by atoms with Gasteiger partial charge in [-0.3, -0.25) is 9.69 Å². The highest BCUT2D eigenvalue weighted by Gasteiger charge is 2.20. The lowest BCUT2D eigenvalue weighted by atomic mass is 10.2. The number of nitrogens with zero attached hydrogens (tertiary/aromatic N) is 1. The van der Waals surface area contributed by atoms with Gasteiger partial charge >= 0.3 is 0 Å². The largest absolute Gasteiger partial charge is 0.376 e. The zero-order valence-corrected chi connectivity index (χ0v) is 12.0. The normalized spacial score (nSPS) is 27.1. The zero-order chi connectivity index (χ0) is 13.5. The van der Waals surface area contributed by atoms with Crippen LogP contribution in [0.4, 0.5) is 0 Å². The first-order valence-corrected chi connectivity index (χ1v) is 7.62. The minimum absolute atomic E-state index is 0.121. The fraction of sp³-hybridized carbons (Fsp3) is 0.929. The molecule has 0 aromatic rings. The molecule has 2 saturated heterocycles. The molecule has 1 amide bonds. The Labute approximate surface area is 116 Å². The van der Waals surface area contributed by atoms with Gasteiger partial charge in [0.05, 0.1) is 12.6 Å². The second-order valence-electron chi connectivity index (χ2n) is 5.56. The van der Waals surface area contributed by atoms with Gasteiger partial charge in [-0.1, -0.05) is 6.92 Å². The van der Waals surface area contributed by atoms with Gasteiger partial charge in [0, 0.05) is 25.7 Å². The highest BCUT2D eigenvalue weighted by atomic mass is 16.5. The molecule has 0 saturated carbocycles. The van der Waals surface area contributed by atoms with Crippen LogP contribution in [-0.2, 0) is 9.53 Å². The maximum atomic E-state index is 11.9. The minimum atomic E-state index is 0.121. The summed E-state index contributed by atoms with van der Waals surface area (Å²) in [4.78, 5) is 14.1. The van der Waals surface area contributed by atoms with Gasteiger partial charge in [0.15, 0.2) is 0 Å². The third-order valence-corrected chi connectivity index (χ3v) is 4.01. The van der Waals surface area contributed by atoms with Gasteiger partial charge in [-0.05, 0) is 38.8 Å². The van der Waals surface area contributed by atoms with Crippen LogP contribution >= 0.6 is 0 Å². The van der Waals surface area contributed by atoms with Crippen LogP contribution in [0.2, 0.25) is 0 Å². The topological polar surface area (TPSA) is 53.6 Å². The third-order valence-electron chi connectivity index (χ3n) is 4.01. The Hall–Kier alpha value is -0.650. The van der Waals surface area contributed by atoms with Crippen molar-refractivity contribution in [3.63, 3.8) is 0 Å². The molecule has 5 nitrogen and oxygen atoms in total. The van der Waals surface area contributed by atoms with E-state index in [2.05, 4.69) is 22.5 Å². The molecule has 0 aromatic heterocycles. The number of hydrogen-bond donors (Lipinski definition) is 2. The van der Waals surface area contributed by atoms with Crippen molar-refractivity contribution in [2.45, 2.75) is 44.8 Å². The van der Waals surface area contributed by atoms with E-state index < -0.39 is 0 Å². The van der Waals surface area contributed by atoms with Gasteiger partial charge in [-0.25, -0.2) is 0 Å². The van der Waals surface area contributed by atoms with E-state index in [0.717, 1.165) is 39.1 Å². The van der Waals surface area contributed by atoms with Crippen LogP contribution in [0.25, 0.3) is 0 Å². The second kappa shape index (κ2) is 7.82. The van der Waals surface area contributed by atoms with Crippen LogP contribution in [0, 0.1) is 0 Å². The van der Waals surface area contributed by atoms with Crippen molar-refractivity contribution < 1.29 is 9.53 Å². The van der Waals surface area contributed by atoms with Crippen molar-refractivity contribution in [1.82, 2.24) is 15.5 Å². The Morgan fingerprint density at radius 2 is 2.32 bits per heavy atom. The fourth-order valence-electron chi connectivity index (χ4n) is 2.82. The summed E-state index contributed by atoms with van der Waals surface area (Å²) < 4.78 is 5.50. The van der Waals surface area contributed by atoms with E-state index in [1.165, 1.54) is 12.8 Å². The fourth-order valence-corrected chi connectivity index (χ4v) is 2.82. The average Bonchev–Trinajstić information content (AvgIpc) is 3.08. The van der Waals surface area contributed by atoms with Gasteiger partial charge < -0.3 is 15.4 Å². The van der Waals surface area contributed by atoms with E-state index in [1.807, 2.05) is 0 Å². The zero-order valence-electron chi connectivity index (χ0n) is 12.0. The number of likely N-dealkylation sites (N-methyl/N-ethyl adjacent to an activating group) is 1. The lowest BCUT2D eigenvalue weighted by molar-refractivity contribution is -0.122. The molecule has 0 bridgehead atoms. The molecular weight excluding hydrogens is 242 g/mol. The van der Waals surface area contributed by atoms with Crippen molar-refractivity contribution in [3.8, 4) is 0 Å². The van der Waals surface area contributed by atoms with Gasteiger partial charge in [-0.15, -0.1) is 0 Å². The van der Waals surface area contributed by atoms with Crippen molar-refractivity contribution in [2.75, 3.05) is 39.3 Å². The Balaban J connectivity index is 1.63. The first-order valence-electron chi connectivity index (χ1n) is 7.62. The van der Waals surface area contributed by atoms with Crippen LogP contribution in [0.3, 0.4) is 0 Å². The number of rotatable bonds is 7. The number of amides is 1. The van der Waals surface area contributed by atoms with Crippen LogP contribution in [0.1, 0.15) is 32.6 Å². The van der Waals surface area contributed by atoms with Gasteiger partial charge in [0.1, 0.15) is 0 Å². The minimum Gasteiger partial charge on any atom is -0.376 e. The molecule has 2 atom stereocenters. The molecule has 2 fully saturated rings. The third kappa shape index (κ3) is 5.09. The van der Waals surface area contributed by atoms with Gasteiger partial charge in [0.25, 0.3) is 0 Å². The average molecular weight is 269 g/mol. The monoisotopic (exact) mass is 269 g/mol. The maximum Gasteiger partial charge on any atom is 0.234 e. The van der Waals surface area contributed by atoms with Crippen LogP contribution in [0.15, 0.2) is 0 Å². The quantitative estimate of drug-likeness (QED) is 0.700. The maximum absolute atomic E-state index is 11.9. The molecule has 2 aliphatic heterocycles. The summed E-state index contributed by atoms with van der Waals surface area (Å²) in [5, 5.41) is 6.47. The van der Waals surface area contributed by atoms with Gasteiger partial charge in [0.2, 0.25) is 5.91 Å². The number of hydrogen-bond acceptors (Lipinski definition) is 4. The molecule has 2 N–H and O–H groups in total. The molecule has 2 aliphatic rings. The highest BCUT2D eigenvalue weighted by Crippen LogP contribution is 2.10. The smallest absolute Gasteiger partial charge is 0.234 e. The van der Waals surface area contributed by atoms with Crippen LogP contribution in [-0.4, -0.2) is 62.3 Å². The summed E-state index contributed by atoms with van der Waals surface area (Å²) in [6, 6.07) is 0.561. The Kier molecular flexibility index (Phi) is 6.07. The first kappa shape index (κ1) is 14.8. The predicted octanol–water partition coefficient (Wildman–Crippen LogP) is 0.356. The van der Waals surface area contributed by atoms with E-state index in [4.69, 9.17) is 4.74 Å². The van der Waals surface area contributed by atoms with Crippen molar-refractivity contribution in [2.24, 2.45) is 0 Å². The van der Waals surface area contributed by atoms with Crippen LogP contribution < -0.4 is 10.6 Å².